The first-order valence-electron chi connectivity index (χ1n) is 7.50. The molecule has 1 aliphatic carbocycles. The maximum Gasteiger partial charge on any atom is 0.320 e. The van der Waals surface area contributed by atoms with Crippen molar-refractivity contribution in [3.63, 3.8) is 0 Å². The molecule has 3 nitrogen and oxygen atoms in total. The first kappa shape index (κ1) is 15.5. The van der Waals surface area contributed by atoms with Gasteiger partial charge in [0.05, 0.1) is 6.10 Å². The van der Waals surface area contributed by atoms with Gasteiger partial charge in [-0.1, -0.05) is 42.5 Å². The van der Waals surface area contributed by atoms with Crippen LogP contribution in [0.15, 0.2) is 36.4 Å². The summed E-state index contributed by atoms with van der Waals surface area (Å²) in [4.78, 5) is 24.6. The van der Waals surface area contributed by atoms with E-state index in [1.54, 1.807) is 0 Å². The minimum atomic E-state index is -0.963. The van der Waals surface area contributed by atoms with Crippen LogP contribution < -0.4 is 0 Å². The molecular formula is C18H22O3. The van der Waals surface area contributed by atoms with E-state index in [0.29, 0.717) is 19.3 Å². The molecule has 0 bridgehead atoms. The molecule has 0 N–H and O–H groups in total. The Balaban J connectivity index is 2.12. The SMILES string of the molecule is CC(C)OC(=O)C1(C/C=C/c2ccccc2)CCCC1=O. The molecule has 0 aliphatic heterocycles. The third-order valence-corrected chi connectivity index (χ3v) is 3.85. The molecule has 3 heteroatoms. The zero-order chi connectivity index (χ0) is 15.3. The van der Waals surface area contributed by atoms with Gasteiger partial charge in [-0.05, 0) is 38.7 Å². The van der Waals surface area contributed by atoms with Crippen LogP contribution in [0.5, 0.6) is 0 Å². The number of Topliss-reactive ketones (excluding diaryl/α,β-unsaturated/α-hetero) is 1. The van der Waals surface area contributed by atoms with Crippen LogP contribution in [-0.2, 0) is 14.3 Å². The zero-order valence-corrected chi connectivity index (χ0v) is 12.7. The number of esters is 1. The van der Waals surface area contributed by atoms with E-state index in [1.165, 1.54) is 0 Å². The predicted molar refractivity (Wildman–Crippen MR) is 82.6 cm³/mol. The van der Waals surface area contributed by atoms with Crippen LogP contribution in [0.25, 0.3) is 6.08 Å². The molecule has 0 radical (unpaired) electrons. The summed E-state index contributed by atoms with van der Waals surface area (Å²) in [7, 11) is 0. The molecule has 1 saturated carbocycles. The van der Waals surface area contributed by atoms with Crippen LogP contribution in [0.4, 0.5) is 0 Å². The number of rotatable bonds is 5. The Kier molecular flexibility index (Phi) is 4.94. The fourth-order valence-corrected chi connectivity index (χ4v) is 2.73. The number of allylic oxidation sites excluding steroid dienone is 1. The van der Waals surface area contributed by atoms with Crippen LogP contribution in [0.2, 0.25) is 0 Å². The molecule has 21 heavy (non-hydrogen) atoms. The van der Waals surface area contributed by atoms with Gasteiger partial charge in [-0.15, -0.1) is 0 Å². The quantitative estimate of drug-likeness (QED) is 0.611. The van der Waals surface area contributed by atoms with Crippen molar-refractivity contribution in [2.24, 2.45) is 5.41 Å². The number of ketones is 1. The summed E-state index contributed by atoms with van der Waals surface area (Å²) in [5, 5.41) is 0. The van der Waals surface area contributed by atoms with Gasteiger partial charge < -0.3 is 4.74 Å². The summed E-state index contributed by atoms with van der Waals surface area (Å²) in [5.41, 5.74) is 0.102. The van der Waals surface area contributed by atoms with Gasteiger partial charge in [0, 0.05) is 6.42 Å². The number of ether oxygens (including phenoxy) is 1. The van der Waals surface area contributed by atoms with E-state index in [-0.39, 0.29) is 17.9 Å². The number of benzene rings is 1. The van der Waals surface area contributed by atoms with Gasteiger partial charge in [0.2, 0.25) is 0 Å². The average molecular weight is 286 g/mol. The maximum atomic E-state index is 12.4. The van der Waals surface area contributed by atoms with Crippen molar-refractivity contribution in [2.75, 3.05) is 0 Å². The van der Waals surface area contributed by atoms with Gasteiger partial charge in [-0.2, -0.15) is 0 Å². The average Bonchev–Trinajstić information content (AvgIpc) is 2.82. The molecule has 0 spiro atoms. The number of carbonyl (C=O) groups is 2. The summed E-state index contributed by atoms with van der Waals surface area (Å²) in [6, 6.07) is 9.86. The molecule has 2 rings (SSSR count). The first-order chi connectivity index (χ1) is 10.0. The second kappa shape index (κ2) is 6.70. The van der Waals surface area contributed by atoms with Crippen molar-refractivity contribution in [3.8, 4) is 0 Å². The highest BCUT2D eigenvalue weighted by Crippen LogP contribution is 2.40. The van der Waals surface area contributed by atoms with Gasteiger partial charge in [0.15, 0.2) is 5.78 Å². The van der Waals surface area contributed by atoms with E-state index < -0.39 is 5.41 Å². The van der Waals surface area contributed by atoms with Crippen LogP contribution in [0.1, 0.15) is 45.1 Å². The summed E-state index contributed by atoms with van der Waals surface area (Å²) >= 11 is 0. The van der Waals surface area contributed by atoms with E-state index in [4.69, 9.17) is 4.74 Å². The summed E-state index contributed by atoms with van der Waals surface area (Å²) in [5.74, 6) is -0.344. The van der Waals surface area contributed by atoms with Crippen LogP contribution in [0, 0.1) is 5.41 Å². The second-order valence-corrected chi connectivity index (χ2v) is 5.83. The van der Waals surface area contributed by atoms with Gasteiger partial charge >= 0.3 is 5.97 Å². The van der Waals surface area contributed by atoms with E-state index in [0.717, 1.165) is 12.0 Å². The monoisotopic (exact) mass is 286 g/mol. The van der Waals surface area contributed by atoms with E-state index in [9.17, 15) is 9.59 Å². The summed E-state index contributed by atoms with van der Waals surface area (Å²) < 4.78 is 5.32. The molecule has 1 fully saturated rings. The molecule has 1 aliphatic rings. The lowest BCUT2D eigenvalue weighted by Gasteiger charge is -2.25. The number of carbonyl (C=O) groups excluding carboxylic acids is 2. The highest BCUT2D eigenvalue weighted by atomic mass is 16.5. The standard InChI is InChI=1S/C18H22O3/c1-14(2)21-17(20)18(13-7-11-16(18)19)12-6-10-15-8-4-3-5-9-15/h3-6,8-10,14H,7,11-13H2,1-2H3/b10-6+. The first-order valence-corrected chi connectivity index (χ1v) is 7.50. The Bertz CT molecular complexity index is 531. The normalized spacial score (nSPS) is 22.1. The van der Waals surface area contributed by atoms with Crippen molar-refractivity contribution in [1.82, 2.24) is 0 Å². The lowest BCUT2D eigenvalue weighted by Crippen LogP contribution is -2.37. The fourth-order valence-electron chi connectivity index (χ4n) is 2.73. The van der Waals surface area contributed by atoms with Gasteiger partial charge in [0.25, 0.3) is 0 Å². The Morgan fingerprint density at radius 1 is 1.33 bits per heavy atom. The Hall–Kier alpha value is -1.90. The minimum Gasteiger partial charge on any atom is -0.462 e. The molecule has 1 aromatic carbocycles. The molecule has 0 aromatic heterocycles. The van der Waals surface area contributed by atoms with E-state index in [1.807, 2.05) is 56.3 Å². The molecule has 1 unspecified atom stereocenters. The third-order valence-electron chi connectivity index (χ3n) is 3.85. The third kappa shape index (κ3) is 3.60. The second-order valence-electron chi connectivity index (χ2n) is 5.83. The van der Waals surface area contributed by atoms with Crippen molar-refractivity contribution in [2.45, 2.75) is 45.6 Å². The van der Waals surface area contributed by atoms with Gasteiger partial charge in [-0.3, -0.25) is 9.59 Å². The largest absolute Gasteiger partial charge is 0.462 e. The molecule has 112 valence electrons. The molecule has 1 aromatic rings. The Morgan fingerprint density at radius 3 is 2.62 bits per heavy atom. The maximum absolute atomic E-state index is 12.4. The highest BCUT2D eigenvalue weighted by Gasteiger charge is 2.49. The minimum absolute atomic E-state index is 0.0193. The Morgan fingerprint density at radius 2 is 2.05 bits per heavy atom. The smallest absolute Gasteiger partial charge is 0.320 e. The summed E-state index contributed by atoms with van der Waals surface area (Å²) in [6.07, 6.45) is 5.94. The van der Waals surface area contributed by atoms with E-state index in [2.05, 4.69) is 0 Å². The predicted octanol–water partition coefficient (Wildman–Crippen LogP) is 3.78. The molecule has 1 atom stereocenters. The van der Waals surface area contributed by atoms with Crippen LogP contribution in [0.3, 0.4) is 0 Å². The molecular weight excluding hydrogens is 264 g/mol. The van der Waals surface area contributed by atoms with E-state index >= 15 is 0 Å². The fraction of sp³-hybridized carbons (Fsp3) is 0.444. The molecule has 0 saturated heterocycles. The number of hydrogen-bond donors (Lipinski definition) is 0. The van der Waals surface area contributed by atoms with Crippen molar-refractivity contribution >= 4 is 17.8 Å². The summed E-state index contributed by atoms with van der Waals surface area (Å²) in [6.45, 7) is 3.62. The molecule has 0 amide bonds. The van der Waals surface area contributed by atoms with Gasteiger partial charge in [0.1, 0.15) is 5.41 Å². The van der Waals surface area contributed by atoms with Crippen LogP contribution >= 0.6 is 0 Å². The Labute approximate surface area is 126 Å². The highest BCUT2D eigenvalue weighted by molar-refractivity contribution is 6.05. The van der Waals surface area contributed by atoms with Crippen molar-refractivity contribution in [1.29, 1.82) is 0 Å². The van der Waals surface area contributed by atoms with Gasteiger partial charge in [-0.25, -0.2) is 0 Å². The van der Waals surface area contributed by atoms with Crippen molar-refractivity contribution < 1.29 is 14.3 Å². The molecule has 0 heterocycles. The van der Waals surface area contributed by atoms with Crippen LogP contribution in [-0.4, -0.2) is 17.9 Å². The number of hydrogen-bond acceptors (Lipinski definition) is 3. The lowest BCUT2D eigenvalue weighted by molar-refractivity contribution is -0.162. The topological polar surface area (TPSA) is 43.4 Å². The zero-order valence-electron chi connectivity index (χ0n) is 12.7. The lowest BCUT2D eigenvalue weighted by atomic mass is 9.81. The van der Waals surface area contributed by atoms with Crippen molar-refractivity contribution in [3.05, 3.63) is 42.0 Å².